The number of rotatable bonds is 11. The van der Waals surface area contributed by atoms with Gasteiger partial charge in [0, 0.05) is 136 Å². The van der Waals surface area contributed by atoms with Crippen LogP contribution in [0.25, 0.3) is 33.4 Å². The van der Waals surface area contributed by atoms with E-state index in [-0.39, 0.29) is 29.6 Å². The monoisotopic (exact) mass is 1910 g/mol. The molecule has 2 amide bonds. The van der Waals surface area contributed by atoms with Crippen molar-refractivity contribution in [1.82, 2.24) is 40.0 Å². The Morgan fingerprint density at radius 2 is 0.717 bits per heavy atom. The summed E-state index contributed by atoms with van der Waals surface area (Å²) in [4.78, 5) is 66.6. The third-order valence-corrected chi connectivity index (χ3v) is 24.7. The van der Waals surface area contributed by atoms with Gasteiger partial charge in [-0.2, -0.15) is 0 Å². The molecule has 0 aliphatic carbocycles. The second-order valence-corrected chi connectivity index (χ2v) is 37.3. The minimum absolute atomic E-state index is 0.194. The van der Waals surface area contributed by atoms with Crippen molar-refractivity contribution < 1.29 is 61.7 Å². The number of hydrogen-bond acceptors (Lipinski definition) is 23. The highest BCUT2D eigenvalue weighted by atomic mass is 35.5. The zero-order chi connectivity index (χ0) is 96.1. The van der Waals surface area contributed by atoms with Gasteiger partial charge in [0.25, 0.3) is 0 Å². The van der Waals surface area contributed by atoms with Crippen molar-refractivity contribution in [3.8, 4) is 79.4 Å². The van der Waals surface area contributed by atoms with Gasteiger partial charge in [-0.1, -0.05) is 78.3 Å². The second kappa shape index (κ2) is 46.0. The summed E-state index contributed by atoms with van der Waals surface area (Å²) in [5.41, 5.74) is 16.9. The van der Waals surface area contributed by atoms with Crippen molar-refractivity contribution in [1.29, 1.82) is 0 Å². The van der Waals surface area contributed by atoms with Crippen molar-refractivity contribution in [3.05, 3.63) is 321 Å². The summed E-state index contributed by atoms with van der Waals surface area (Å²) in [5, 5.41) is 21.4. The van der Waals surface area contributed by atoms with Crippen LogP contribution in [0.2, 0.25) is 5.02 Å². The summed E-state index contributed by atoms with van der Waals surface area (Å²) < 4.78 is 46.0. The topological polar surface area (TPSA) is 260 Å². The fourth-order valence-electron chi connectivity index (χ4n) is 18.0. The fraction of sp³-hybridized carbons (Fsp3) is 0.275. The number of halogens is 3. The summed E-state index contributed by atoms with van der Waals surface area (Å²) in [6, 6.07) is 78.5. The molecule has 0 bridgehead atoms. The van der Waals surface area contributed by atoms with Crippen molar-refractivity contribution >= 4 is 111 Å². The van der Waals surface area contributed by atoms with Crippen LogP contribution in [-0.2, 0) is 16.0 Å². The molecule has 22 rings (SSSR count). The van der Waals surface area contributed by atoms with Gasteiger partial charge >= 0.3 is 19.3 Å². The number of alkyl halides is 2. The Balaban J connectivity index is 0.000000125. The van der Waals surface area contributed by atoms with Crippen LogP contribution in [0.3, 0.4) is 0 Å². The minimum atomic E-state index is -1.38. The number of likely N-dealkylation sites (tertiary alicyclic amines) is 3. The summed E-state index contributed by atoms with van der Waals surface area (Å²) >= 11 is 15.7. The van der Waals surface area contributed by atoms with Crippen LogP contribution in [0, 0.1) is 0 Å². The van der Waals surface area contributed by atoms with E-state index < -0.39 is 18.3 Å². The van der Waals surface area contributed by atoms with Gasteiger partial charge in [-0.25, -0.2) is 9.59 Å². The third kappa shape index (κ3) is 24.6. The number of ether oxygens (including phenoxy) is 6. The number of furan rings is 2. The maximum absolute atomic E-state index is 12.5. The molecule has 0 atom stereocenters. The number of pyridine rings is 4. The summed E-state index contributed by atoms with van der Waals surface area (Å²) in [5.74, 6) is 6.99. The number of fused-ring (bicyclic) bond motifs is 8. The van der Waals surface area contributed by atoms with E-state index in [2.05, 4.69) is 163 Å². The first-order valence-corrected chi connectivity index (χ1v) is 48.0. The number of carbonyl (C=O) groups excluding carboxylic acids is 3. The highest BCUT2D eigenvalue weighted by Crippen LogP contribution is 2.55. The molecule has 138 heavy (non-hydrogen) atoms. The Labute approximate surface area is 820 Å². The van der Waals surface area contributed by atoms with Crippen LogP contribution in [0.15, 0.2) is 314 Å². The molecule has 0 spiro atoms. The second-order valence-electron chi connectivity index (χ2n) is 36.1. The van der Waals surface area contributed by atoms with Gasteiger partial charge in [0.05, 0.1) is 75.2 Å². The Kier molecular flexibility index (Phi) is 32.4. The Morgan fingerprint density at radius 1 is 0.399 bits per heavy atom. The largest absolute Gasteiger partial charge is 0.488 e. The van der Waals surface area contributed by atoms with E-state index in [1.165, 1.54) is 36.2 Å². The van der Waals surface area contributed by atoms with E-state index in [0.717, 1.165) is 210 Å². The third-order valence-electron chi connectivity index (χ3n) is 24.5. The number of piperidine rings is 4. The van der Waals surface area contributed by atoms with Crippen molar-refractivity contribution in [2.24, 2.45) is 0 Å². The lowest BCUT2D eigenvalue weighted by atomic mass is 9.81. The molecule has 8 aromatic carbocycles. The molecule has 14 aromatic rings. The lowest BCUT2D eigenvalue weighted by Gasteiger charge is -2.42. The molecule has 4 fully saturated rings. The zero-order valence-electron chi connectivity index (χ0n) is 78.0. The molecule has 8 aliphatic rings. The molecule has 29 heteroatoms. The van der Waals surface area contributed by atoms with E-state index in [4.69, 9.17) is 77.7 Å². The Morgan fingerprint density at radius 3 is 1.04 bits per heavy atom. The molecule has 14 heterocycles. The number of amides is 2. The first kappa shape index (κ1) is 97.4. The van der Waals surface area contributed by atoms with Gasteiger partial charge in [-0.3, -0.25) is 29.6 Å². The molecule has 0 unspecified atom stereocenters. The van der Waals surface area contributed by atoms with Gasteiger partial charge < -0.3 is 82.0 Å². The zero-order valence-corrected chi connectivity index (χ0v) is 80.3. The standard InChI is InChI=1S/C27H29N3O3.C27H25N3O2.C22H25ClN2O3.C22H21N3O.C5H6BNO2.C5H4O2.CH2Cl2/c1-27(2,3)33-26(31)29-16-12-21(13-17-29)30-22-6-4-5-7-24(22)32-25-18-20(8-9-23(25)30)19-10-14-28-15-11-19;1-2-4-26-24(3-1)30(23-9-14-29(15-10-23)18-20-11-16-31-19-20)25-6-5-22(17-27(25)32-26)21-7-12-28-13-8-21;1-22(2,3)28-21(26)24-12-10-16(11-13-24)25-17-6-4-5-7-19(17)27-20-14-15(23)8-9-18(20)25;1-2-4-21-19(3-1)25(18-9-13-24-14-10-18)20-6-5-17(15-22(20)26-21)16-7-11-23-12-8-16;8-6(9)5-1-3-7-4-2-5;6-3-5-1-2-7-4-5;2-1-3/h4-11,14-15,18,21H,12-13,16-17H2,1-3H3;1-8,11-13,16-17,19,23H,9-10,14-15,18H2;4-9,14,16H,10-13H2,1-3H3;1-8,11-12,15,18,24H,9-10,13-14H2;1-4,8-9H;1-4H;1H2. The number of benzene rings is 8. The van der Waals surface area contributed by atoms with Crippen molar-refractivity contribution in [3.63, 3.8) is 0 Å². The lowest BCUT2D eigenvalue weighted by molar-refractivity contribution is 0.0196. The molecule has 6 aromatic heterocycles. The normalized spacial score (nSPS) is 15.3. The van der Waals surface area contributed by atoms with Crippen molar-refractivity contribution in [2.45, 2.75) is 135 Å². The number of para-hydroxylation sites is 8. The molecule has 4 saturated heterocycles. The SMILES string of the molecule is CC(C)(C)OC(=O)N1CCC(N2c3ccccc3Oc3cc(-c4ccncc4)ccc32)CC1.CC(C)(C)OC(=O)N1CCC(N2c3ccccc3Oc3cc(Cl)ccc32)CC1.ClCCl.O=Cc1ccoc1.OB(O)c1ccncc1.c1ccc2c(c1)Oc1cc(-c3ccncc3)ccc1N2C1CCN(Cc2ccoc2)CC1.c1ccc2c(c1)Oc1cc(-c3ccncc3)ccc1N2C1CCNCC1. The first-order chi connectivity index (χ1) is 67.1. The molecule has 0 radical (unpaired) electrons. The van der Waals surface area contributed by atoms with Crippen LogP contribution < -0.4 is 49.3 Å². The summed E-state index contributed by atoms with van der Waals surface area (Å²) in [7, 11) is -1.38. The average molecular weight is 1920 g/mol. The summed E-state index contributed by atoms with van der Waals surface area (Å²) in [6.07, 6.45) is 28.6. The number of carbonyl (C=O) groups is 3. The molecule has 8 aliphatic heterocycles. The molecule has 3 N–H and O–H groups in total. The van der Waals surface area contributed by atoms with Gasteiger partial charge in [-0.15, -0.1) is 23.2 Å². The fourth-order valence-corrected chi connectivity index (χ4v) is 18.2. The lowest BCUT2D eigenvalue weighted by Crippen LogP contribution is -2.47. The van der Waals surface area contributed by atoms with Crippen LogP contribution >= 0.6 is 34.8 Å². The number of hydrogen-bond donors (Lipinski definition) is 3. The quantitative estimate of drug-likeness (QED) is 0.0617. The predicted octanol–water partition coefficient (Wildman–Crippen LogP) is 24.6. The number of anilines is 8. The molecule has 710 valence electrons. The Bertz CT molecular complexity index is 6320. The Hall–Kier alpha value is -13.7. The average Bonchev–Trinajstić information content (AvgIpc) is 0.931. The molecular formula is C109H112BCl3N12O13. The van der Waals surface area contributed by atoms with E-state index in [0.29, 0.717) is 54.3 Å². The van der Waals surface area contributed by atoms with E-state index in [9.17, 15) is 14.4 Å². The van der Waals surface area contributed by atoms with Crippen LogP contribution in [-0.4, -0.2) is 163 Å². The van der Waals surface area contributed by atoms with Crippen LogP contribution in [0.4, 0.5) is 55.1 Å². The van der Waals surface area contributed by atoms with E-state index >= 15 is 0 Å². The van der Waals surface area contributed by atoms with Gasteiger partial charge in [0.15, 0.2) is 52.3 Å². The van der Waals surface area contributed by atoms with Gasteiger partial charge in [-0.05, 0) is 303 Å². The number of nitrogens with one attached hydrogen (secondary N) is 1. The smallest absolute Gasteiger partial charge is 0.472 e. The van der Waals surface area contributed by atoms with E-state index in [1.807, 2.05) is 181 Å². The molecule has 25 nitrogen and oxygen atoms in total. The van der Waals surface area contributed by atoms with E-state index in [1.54, 1.807) is 41.8 Å². The molecular weight excluding hydrogens is 1800 g/mol. The van der Waals surface area contributed by atoms with Gasteiger partial charge in [0.1, 0.15) is 17.5 Å². The highest BCUT2D eigenvalue weighted by molar-refractivity contribution is 6.58. The maximum Gasteiger partial charge on any atom is 0.488 e. The predicted molar refractivity (Wildman–Crippen MR) is 544 cm³/mol. The number of aromatic nitrogens is 4. The first-order valence-electron chi connectivity index (χ1n) is 46.5. The number of aldehydes is 1. The minimum Gasteiger partial charge on any atom is -0.472 e. The van der Waals surface area contributed by atoms with Crippen LogP contribution in [0.5, 0.6) is 46.0 Å². The van der Waals surface area contributed by atoms with Crippen LogP contribution in [0.1, 0.15) is 109 Å². The van der Waals surface area contributed by atoms with Crippen molar-refractivity contribution in [2.75, 3.05) is 77.3 Å². The van der Waals surface area contributed by atoms with Gasteiger partial charge in [0.2, 0.25) is 0 Å². The highest BCUT2D eigenvalue weighted by Gasteiger charge is 2.40. The summed E-state index contributed by atoms with van der Waals surface area (Å²) in [6.45, 7) is 19.3. The maximum atomic E-state index is 12.5. The molecule has 0 saturated carbocycles. The number of nitrogens with zero attached hydrogens (tertiary/aromatic N) is 11.